The van der Waals surface area contributed by atoms with Gasteiger partial charge in [-0.25, -0.2) is 9.67 Å². The second-order valence-electron chi connectivity index (χ2n) is 7.05. The van der Waals surface area contributed by atoms with Crippen LogP contribution in [0.25, 0.3) is 5.69 Å². The zero-order valence-corrected chi connectivity index (χ0v) is 17.7. The summed E-state index contributed by atoms with van der Waals surface area (Å²) in [4.78, 5) is 4.65. The largest absolute Gasteiger partial charge is 0.381 e. The highest BCUT2D eigenvalue weighted by Gasteiger charge is 2.15. The number of benzene rings is 1. The Kier molecular flexibility index (Phi) is 8.80. The molecule has 0 bridgehead atoms. The van der Waals surface area contributed by atoms with Gasteiger partial charge in [-0.3, -0.25) is 0 Å². The predicted octanol–water partition coefficient (Wildman–Crippen LogP) is 3.02. The molecular weight excluding hydrogens is 390 g/mol. The molecule has 1 aromatic carbocycles. The third kappa shape index (κ3) is 7.34. The summed E-state index contributed by atoms with van der Waals surface area (Å²) < 4.78 is 12.9. The highest BCUT2D eigenvalue weighted by atomic mass is 35.5. The smallest absolute Gasteiger partial charge is 0.191 e. The van der Waals surface area contributed by atoms with Crippen molar-refractivity contribution in [3.8, 4) is 5.69 Å². The maximum Gasteiger partial charge on any atom is 0.191 e. The van der Waals surface area contributed by atoms with Gasteiger partial charge in [0, 0.05) is 49.0 Å². The first-order chi connectivity index (χ1) is 14.2. The SMILES string of the molecule is CCNC(=NCc1cnn(-c2ccc(Cl)cc2)c1)NCCCOCC1CCOC1. The van der Waals surface area contributed by atoms with Crippen molar-refractivity contribution in [2.75, 3.05) is 39.5 Å². The molecule has 1 aliphatic rings. The van der Waals surface area contributed by atoms with Gasteiger partial charge in [0.1, 0.15) is 0 Å². The van der Waals surface area contributed by atoms with E-state index in [1.165, 1.54) is 0 Å². The number of nitrogens with one attached hydrogen (secondary N) is 2. The molecule has 2 N–H and O–H groups in total. The molecule has 0 radical (unpaired) electrons. The van der Waals surface area contributed by atoms with Crippen molar-refractivity contribution in [3.05, 3.63) is 47.2 Å². The fourth-order valence-corrected chi connectivity index (χ4v) is 3.16. The Labute approximate surface area is 177 Å². The number of nitrogens with zero attached hydrogens (tertiary/aromatic N) is 3. The minimum Gasteiger partial charge on any atom is -0.381 e. The lowest BCUT2D eigenvalue weighted by Crippen LogP contribution is -2.38. The first-order valence-corrected chi connectivity index (χ1v) is 10.6. The quantitative estimate of drug-likeness (QED) is 0.352. The van der Waals surface area contributed by atoms with Crippen LogP contribution in [0.1, 0.15) is 25.3 Å². The van der Waals surface area contributed by atoms with Gasteiger partial charge in [0.05, 0.1) is 31.6 Å². The summed E-state index contributed by atoms with van der Waals surface area (Å²) in [6, 6.07) is 7.59. The third-order valence-corrected chi connectivity index (χ3v) is 4.88. The van der Waals surface area contributed by atoms with Crippen LogP contribution < -0.4 is 10.6 Å². The number of guanidine groups is 1. The maximum absolute atomic E-state index is 5.94. The van der Waals surface area contributed by atoms with E-state index in [1.807, 2.05) is 41.3 Å². The van der Waals surface area contributed by atoms with E-state index in [1.54, 1.807) is 0 Å². The monoisotopic (exact) mass is 419 g/mol. The lowest BCUT2D eigenvalue weighted by Gasteiger charge is -2.12. The van der Waals surface area contributed by atoms with Crippen molar-refractivity contribution in [2.24, 2.45) is 10.9 Å². The van der Waals surface area contributed by atoms with Gasteiger partial charge in [-0.05, 0) is 44.0 Å². The summed E-state index contributed by atoms with van der Waals surface area (Å²) in [5.41, 5.74) is 2.01. The van der Waals surface area contributed by atoms with Crippen LogP contribution in [0, 0.1) is 5.92 Å². The van der Waals surface area contributed by atoms with E-state index >= 15 is 0 Å². The molecular formula is C21H30ClN5O2. The number of ether oxygens (including phenoxy) is 2. The molecule has 2 heterocycles. The molecule has 158 valence electrons. The Morgan fingerprint density at radius 3 is 2.97 bits per heavy atom. The fourth-order valence-electron chi connectivity index (χ4n) is 3.03. The first-order valence-electron chi connectivity index (χ1n) is 10.2. The maximum atomic E-state index is 5.94. The van der Waals surface area contributed by atoms with Gasteiger partial charge in [-0.1, -0.05) is 11.6 Å². The number of hydrogen-bond donors (Lipinski definition) is 2. The summed E-state index contributed by atoms with van der Waals surface area (Å²) in [6.07, 6.45) is 5.87. The Bertz CT molecular complexity index is 757. The van der Waals surface area contributed by atoms with Crippen LogP contribution in [0.4, 0.5) is 0 Å². The minimum absolute atomic E-state index is 0.557. The Morgan fingerprint density at radius 1 is 1.34 bits per heavy atom. The van der Waals surface area contributed by atoms with Gasteiger partial charge in [0.15, 0.2) is 5.96 Å². The van der Waals surface area contributed by atoms with Crippen LogP contribution in [0.5, 0.6) is 0 Å². The van der Waals surface area contributed by atoms with Crippen LogP contribution in [0.3, 0.4) is 0 Å². The van der Waals surface area contributed by atoms with Gasteiger partial charge in [0.25, 0.3) is 0 Å². The third-order valence-electron chi connectivity index (χ3n) is 4.63. The number of halogens is 1. The summed E-state index contributed by atoms with van der Waals surface area (Å²) in [6.45, 7) is 7.50. The zero-order chi connectivity index (χ0) is 20.3. The van der Waals surface area contributed by atoms with Crippen molar-refractivity contribution < 1.29 is 9.47 Å². The van der Waals surface area contributed by atoms with Crippen LogP contribution >= 0.6 is 11.6 Å². The van der Waals surface area contributed by atoms with E-state index in [4.69, 9.17) is 21.1 Å². The van der Waals surface area contributed by atoms with Crippen molar-refractivity contribution in [1.29, 1.82) is 0 Å². The van der Waals surface area contributed by atoms with Crippen LogP contribution in [0.15, 0.2) is 41.7 Å². The second kappa shape index (κ2) is 11.8. The van der Waals surface area contributed by atoms with Crippen molar-refractivity contribution in [1.82, 2.24) is 20.4 Å². The highest BCUT2D eigenvalue weighted by molar-refractivity contribution is 6.30. The predicted molar refractivity (Wildman–Crippen MR) is 116 cm³/mol. The first kappa shape index (κ1) is 21.6. The average molecular weight is 420 g/mol. The Balaban J connectivity index is 1.40. The van der Waals surface area contributed by atoms with Crippen molar-refractivity contribution in [2.45, 2.75) is 26.3 Å². The molecule has 3 rings (SSSR count). The minimum atomic E-state index is 0.557. The summed E-state index contributed by atoms with van der Waals surface area (Å²) >= 11 is 5.94. The molecule has 2 aromatic rings. The molecule has 1 atom stereocenters. The lowest BCUT2D eigenvalue weighted by atomic mass is 10.1. The molecule has 0 amide bonds. The van der Waals surface area contributed by atoms with Crippen LogP contribution in [-0.2, 0) is 16.0 Å². The molecule has 0 spiro atoms. The summed E-state index contributed by atoms with van der Waals surface area (Å²) in [5.74, 6) is 1.37. The van der Waals surface area contributed by atoms with Crippen LogP contribution in [-0.4, -0.2) is 55.3 Å². The molecule has 1 fully saturated rings. The van der Waals surface area contributed by atoms with Crippen LogP contribution in [0.2, 0.25) is 5.02 Å². The standard InChI is InChI=1S/C21H30ClN5O2/c1-2-23-21(24-9-3-10-28-15-17-8-11-29-16-17)25-12-18-13-26-27(14-18)20-6-4-19(22)5-7-20/h4-7,13-14,17H,2-3,8-12,15-16H2,1H3,(H2,23,24,25). The molecule has 1 aliphatic heterocycles. The molecule has 7 nitrogen and oxygen atoms in total. The number of hydrogen-bond acceptors (Lipinski definition) is 4. The lowest BCUT2D eigenvalue weighted by molar-refractivity contribution is 0.0888. The summed E-state index contributed by atoms with van der Waals surface area (Å²) in [5, 5.41) is 11.7. The normalized spacial score (nSPS) is 16.9. The topological polar surface area (TPSA) is 72.7 Å². The molecule has 8 heteroatoms. The molecule has 1 saturated heterocycles. The van der Waals surface area contributed by atoms with Gasteiger partial charge in [-0.15, -0.1) is 0 Å². The van der Waals surface area contributed by atoms with Gasteiger partial charge in [0.2, 0.25) is 0 Å². The van der Waals surface area contributed by atoms with Gasteiger partial charge >= 0.3 is 0 Å². The Hall–Kier alpha value is -2.09. The highest BCUT2D eigenvalue weighted by Crippen LogP contribution is 2.14. The molecule has 0 saturated carbocycles. The Morgan fingerprint density at radius 2 is 2.21 bits per heavy atom. The van der Waals surface area contributed by atoms with E-state index in [0.29, 0.717) is 17.5 Å². The number of rotatable bonds is 10. The van der Waals surface area contributed by atoms with E-state index in [0.717, 1.165) is 69.6 Å². The fraction of sp³-hybridized carbons (Fsp3) is 0.524. The van der Waals surface area contributed by atoms with Gasteiger partial charge in [-0.2, -0.15) is 5.10 Å². The van der Waals surface area contributed by atoms with E-state index < -0.39 is 0 Å². The van der Waals surface area contributed by atoms with Crippen molar-refractivity contribution in [3.63, 3.8) is 0 Å². The molecule has 0 aliphatic carbocycles. The van der Waals surface area contributed by atoms with E-state index in [-0.39, 0.29) is 0 Å². The molecule has 1 aromatic heterocycles. The second-order valence-corrected chi connectivity index (χ2v) is 7.49. The van der Waals surface area contributed by atoms with Crippen molar-refractivity contribution >= 4 is 17.6 Å². The molecule has 29 heavy (non-hydrogen) atoms. The van der Waals surface area contributed by atoms with Gasteiger partial charge < -0.3 is 20.1 Å². The number of aliphatic imine (C=N–C) groups is 1. The molecule has 1 unspecified atom stereocenters. The summed E-state index contributed by atoms with van der Waals surface area (Å²) in [7, 11) is 0. The zero-order valence-electron chi connectivity index (χ0n) is 16.9. The van der Waals surface area contributed by atoms with E-state index in [2.05, 4.69) is 27.6 Å². The average Bonchev–Trinajstić information content (AvgIpc) is 3.41. The number of aromatic nitrogens is 2. The van der Waals surface area contributed by atoms with E-state index in [9.17, 15) is 0 Å².